The highest BCUT2D eigenvalue weighted by atomic mass is 19.1. The second kappa shape index (κ2) is 9.21. The molecule has 0 aromatic carbocycles. The van der Waals surface area contributed by atoms with Gasteiger partial charge in [-0.15, -0.1) is 0 Å². The average molecular weight is 451 g/mol. The first-order chi connectivity index (χ1) is 15.9. The summed E-state index contributed by atoms with van der Waals surface area (Å²) in [6, 6.07) is 3.61. The van der Waals surface area contributed by atoms with E-state index in [2.05, 4.69) is 20.3 Å². The van der Waals surface area contributed by atoms with Gasteiger partial charge < -0.3 is 15.0 Å². The molecule has 0 saturated heterocycles. The smallest absolute Gasteiger partial charge is 0.230 e. The molecule has 1 amide bonds. The van der Waals surface area contributed by atoms with E-state index in [1.807, 2.05) is 0 Å². The minimum atomic E-state index is -0.611. The SMILES string of the molecule is CC(CO)n1cc(C(=O)c2cncc(NC(=O)Cc3ccc(F)cn3)c2)c2cncc(F)c21. The van der Waals surface area contributed by atoms with E-state index in [9.17, 15) is 23.5 Å². The number of hydrogen-bond donors (Lipinski definition) is 2. The summed E-state index contributed by atoms with van der Waals surface area (Å²) >= 11 is 0. The number of anilines is 1. The molecule has 4 aromatic heterocycles. The van der Waals surface area contributed by atoms with Gasteiger partial charge in [-0.3, -0.25) is 24.5 Å². The molecule has 0 fully saturated rings. The van der Waals surface area contributed by atoms with Gasteiger partial charge in [-0.1, -0.05) is 0 Å². The number of fused-ring (bicyclic) bond motifs is 1. The third-order valence-electron chi connectivity index (χ3n) is 5.09. The zero-order valence-electron chi connectivity index (χ0n) is 17.5. The van der Waals surface area contributed by atoms with Crippen molar-refractivity contribution < 1.29 is 23.5 Å². The zero-order valence-corrected chi connectivity index (χ0v) is 17.5. The first kappa shape index (κ1) is 22.2. The molecular weight excluding hydrogens is 432 g/mol. The van der Waals surface area contributed by atoms with Crippen LogP contribution >= 0.6 is 0 Å². The summed E-state index contributed by atoms with van der Waals surface area (Å²) in [4.78, 5) is 37.2. The van der Waals surface area contributed by atoms with E-state index < -0.39 is 29.4 Å². The highest BCUT2D eigenvalue weighted by Crippen LogP contribution is 2.28. The quantitative estimate of drug-likeness (QED) is 0.418. The molecule has 10 heteroatoms. The number of hydrogen-bond acceptors (Lipinski definition) is 6. The highest BCUT2D eigenvalue weighted by Gasteiger charge is 2.22. The number of aromatic nitrogens is 4. The number of nitrogens with one attached hydrogen (secondary N) is 1. The molecule has 1 unspecified atom stereocenters. The van der Waals surface area contributed by atoms with Crippen LogP contribution < -0.4 is 5.32 Å². The lowest BCUT2D eigenvalue weighted by molar-refractivity contribution is -0.115. The Hall–Kier alpha value is -4.05. The van der Waals surface area contributed by atoms with E-state index in [0.717, 1.165) is 12.4 Å². The van der Waals surface area contributed by atoms with Gasteiger partial charge in [0.2, 0.25) is 5.91 Å². The van der Waals surface area contributed by atoms with Gasteiger partial charge in [0.1, 0.15) is 5.82 Å². The van der Waals surface area contributed by atoms with Crippen LogP contribution in [-0.2, 0) is 11.2 Å². The fourth-order valence-corrected chi connectivity index (χ4v) is 3.45. The minimum Gasteiger partial charge on any atom is -0.394 e. The van der Waals surface area contributed by atoms with Gasteiger partial charge in [0.15, 0.2) is 11.6 Å². The summed E-state index contributed by atoms with van der Waals surface area (Å²) in [5.74, 6) is -1.97. The minimum absolute atomic E-state index is 0.0874. The number of amides is 1. The number of aliphatic hydroxyl groups excluding tert-OH is 1. The lowest BCUT2D eigenvalue weighted by Gasteiger charge is -2.11. The molecule has 0 spiro atoms. The van der Waals surface area contributed by atoms with Crippen molar-refractivity contribution >= 4 is 28.3 Å². The fraction of sp³-hybridized carbons (Fsp3) is 0.174. The van der Waals surface area contributed by atoms with E-state index in [-0.39, 0.29) is 35.4 Å². The number of rotatable bonds is 7. The summed E-state index contributed by atoms with van der Waals surface area (Å²) in [7, 11) is 0. The monoisotopic (exact) mass is 451 g/mol. The maximum absolute atomic E-state index is 14.5. The van der Waals surface area contributed by atoms with E-state index in [0.29, 0.717) is 11.1 Å². The van der Waals surface area contributed by atoms with Gasteiger partial charge in [-0.2, -0.15) is 0 Å². The van der Waals surface area contributed by atoms with Crippen LogP contribution in [0.3, 0.4) is 0 Å². The van der Waals surface area contributed by atoms with Crippen molar-refractivity contribution in [2.24, 2.45) is 0 Å². The predicted octanol–water partition coefficient (Wildman–Crippen LogP) is 3.07. The molecule has 33 heavy (non-hydrogen) atoms. The van der Waals surface area contributed by atoms with Crippen molar-refractivity contribution in [3.05, 3.63) is 83.8 Å². The Bertz CT molecular complexity index is 1340. The summed E-state index contributed by atoms with van der Waals surface area (Å²) in [6.45, 7) is 1.45. The van der Waals surface area contributed by atoms with Crippen LogP contribution in [0.25, 0.3) is 10.9 Å². The molecule has 8 nitrogen and oxygen atoms in total. The zero-order chi connectivity index (χ0) is 23.5. The van der Waals surface area contributed by atoms with E-state index in [4.69, 9.17) is 0 Å². The topological polar surface area (TPSA) is 110 Å². The molecular formula is C23H19F2N5O3. The van der Waals surface area contributed by atoms with Crippen molar-refractivity contribution in [3.8, 4) is 0 Å². The highest BCUT2D eigenvalue weighted by molar-refractivity contribution is 6.16. The number of aliphatic hydroxyl groups is 1. The first-order valence-corrected chi connectivity index (χ1v) is 10.0. The standard InChI is InChI=1S/C23H19F2N5O3/c1-13(12-31)30-11-19(18-9-27-10-20(25)22(18)30)23(33)14-4-17(8-26-6-14)29-21(32)5-16-3-2-15(24)7-28-16/h2-4,6-11,13,31H,5,12H2,1H3,(H,29,32). The molecule has 0 aliphatic carbocycles. The van der Waals surface area contributed by atoms with Crippen molar-refractivity contribution in [1.29, 1.82) is 0 Å². The summed E-state index contributed by atoms with van der Waals surface area (Å²) in [5.41, 5.74) is 1.20. The van der Waals surface area contributed by atoms with Gasteiger partial charge >= 0.3 is 0 Å². The van der Waals surface area contributed by atoms with Gasteiger partial charge in [0.05, 0.1) is 48.9 Å². The van der Waals surface area contributed by atoms with Gasteiger partial charge in [-0.05, 0) is 25.1 Å². The molecule has 0 aliphatic rings. The van der Waals surface area contributed by atoms with Crippen LogP contribution in [0, 0.1) is 11.6 Å². The lowest BCUT2D eigenvalue weighted by Crippen LogP contribution is -2.16. The molecule has 4 heterocycles. The molecule has 4 rings (SSSR count). The van der Waals surface area contributed by atoms with Crippen LogP contribution in [0.1, 0.15) is 34.6 Å². The number of carbonyl (C=O) groups is 2. The number of halogens is 2. The number of ketones is 1. The van der Waals surface area contributed by atoms with Crippen molar-refractivity contribution in [3.63, 3.8) is 0 Å². The molecule has 168 valence electrons. The third-order valence-corrected chi connectivity index (χ3v) is 5.09. The maximum atomic E-state index is 14.5. The Morgan fingerprint density at radius 1 is 1.12 bits per heavy atom. The third kappa shape index (κ3) is 4.60. The van der Waals surface area contributed by atoms with Gasteiger partial charge in [-0.25, -0.2) is 8.78 Å². The van der Waals surface area contributed by atoms with Crippen molar-refractivity contribution in [1.82, 2.24) is 19.5 Å². The van der Waals surface area contributed by atoms with E-state index >= 15 is 0 Å². The number of pyridine rings is 3. The molecule has 0 bridgehead atoms. The molecule has 4 aromatic rings. The normalized spacial score (nSPS) is 12.0. The Morgan fingerprint density at radius 3 is 2.64 bits per heavy atom. The van der Waals surface area contributed by atoms with E-state index in [1.165, 1.54) is 47.6 Å². The molecule has 0 aliphatic heterocycles. The summed E-state index contributed by atoms with van der Waals surface area (Å²) < 4.78 is 28.9. The van der Waals surface area contributed by atoms with Gasteiger partial charge in [0, 0.05) is 40.8 Å². The Morgan fingerprint density at radius 2 is 1.91 bits per heavy atom. The molecule has 2 N–H and O–H groups in total. The maximum Gasteiger partial charge on any atom is 0.230 e. The van der Waals surface area contributed by atoms with Crippen LogP contribution in [0.4, 0.5) is 14.5 Å². The predicted molar refractivity (Wildman–Crippen MR) is 116 cm³/mol. The Labute approximate surface area is 186 Å². The molecule has 1 atom stereocenters. The number of carbonyl (C=O) groups excluding carboxylic acids is 2. The van der Waals surface area contributed by atoms with Crippen LogP contribution in [0.2, 0.25) is 0 Å². The fourth-order valence-electron chi connectivity index (χ4n) is 3.45. The Balaban J connectivity index is 1.60. The van der Waals surface area contributed by atoms with Crippen LogP contribution in [-0.4, -0.2) is 42.9 Å². The number of nitrogens with zero attached hydrogens (tertiary/aromatic N) is 4. The molecule has 0 radical (unpaired) electrons. The molecule has 0 saturated carbocycles. The summed E-state index contributed by atoms with van der Waals surface area (Å²) in [5, 5.41) is 12.5. The second-order valence-corrected chi connectivity index (χ2v) is 7.48. The van der Waals surface area contributed by atoms with Crippen LogP contribution in [0.15, 0.2) is 55.4 Å². The van der Waals surface area contributed by atoms with E-state index in [1.54, 1.807) is 6.92 Å². The Kier molecular flexibility index (Phi) is 6.18. The first-order valence-electron chi connectivity index (χ1n) is 10.0. The van der Waals surface area contributed by atoms with Crippen molar-refractivity contribution in [2.75, 3.05) is 11.9 Å². The summed E-state index contributed by atoms with van der Waals surface area (Å²) in [6.07, 6.45) is 7.57. The van der Waals surface area contributed by atoms with Crippen molar-refractivity contribution in [2.45, 2.75) is 19.4 Å². The average Bonchev–Trinajstić information content (AvgIpc) is 3.21. The lowest BCUT2D eigenvalue weighted by atomic mass is 10.0. The van der Waals surface area contributed by atoms with Gasteiger partial charge in [0.25, 0.3) is 0 Å². The van der Waals surface area contributed by atoms with Crippen LogP contribution in [0.5, 0.6) is 0 Å². The largest absolute Gasteiger partial charge is 0.394 e. The second-order valence-electron chi connectivity index (χ2n) is 7.48.